The average Bonchev–Trinajstić information content (AvgIpc) is 1.77. The van der Waals surface area contributed by atoms with E-state index in [4.69, 9.17) is 11.5 Å². The zero-order chi connectivity index (χ0) is 5.98. The molecule has 0 saturated heterocycles. The fourth-order valence-corrected chi connectivity index (χ4v) is 0.664. The molecule has 4 N–H and O–H groups in total. The Bertz CT molecular complexity index is 135. The topological polar surface area (TPSA) is 52.0 Å². The van der Waals surface area contributed by atoms with E-state index in [-0.39, 0.29) is 6.04 Å². The van der Waals surface area contributed by atoms with Gasteiger partial charge in [0.1, 0.15) is 0 Å². The highest BCUT2D eigenvalue weighted by Crippen LogP contribution is 2.03. The van der Waals surface area contributed by atoms with Crippen LogP contribution in [0.3, 0.4) is 0 Å². The minimum Gasteiger partial charge on any atom is -0.401 e. The second kappa shape index (κ2) is 2.01. The van der Waals surface area contributed by atoms with E-state index in [2.05, 4.69) is 0 Å². The molecule has 1 aliphatic rings. The molecule has 2 heteroatoms. The molecule has 2 nitrogen and oxygen atoms in total. The largest absolute Gasteiger partial charge is 0.401 e. The van der Waals surface area contributed by atoms with E-state index >= 15 is 0 Å². The summed E-state index contributed by atoms with van der Waals surface area (Å²) < 4.78 is 0. The van der Waals surface area contributed by atoms with Crippen molar-refractivity contribution in [2.75, 3.05) is 0 Å². The molecule has 0 saturated carbocycles. The summed E-state index contributed by atoms with van der Waals surface area (Å²) in [5.41, 5.74) is 11.8. The van der Waals surface area contributed by atoms with Crippen molar-refractivity contribution in [2.24, 2.45) is 11.5 Å². The maximum Gasteiger partial charge on any atom is 0.0477 e. The van der Waals surface area contributed by atoms with Gasteiger partial charge in [0.05, 0.1) is 0 Å². The minimum absolute atomic E-state index is 0.0556. The molecule has 1 unspecified atom stereocenters. The van der Waals surface area contributed by atoms with Crippen molar-refractivity contribution in [3.63, 3.8) is 0 Å². The highest BCUT2D eigenvalue weighted by molar-refractivity contribution is 5.20. The lowest BCUT2D eigenvalue weighted by atomic mass is 10.1. The summed E-state index contributed by atoms with van der Waals surface area (Å²) in [5, 5.41) is 0. The van der Waals surface area contributed by atoms with Crippen molar-refractivity contribution in [3.8, 4) is 0 Å². The van der Waals surface area contributed by atoms with Crippen LogP contribution in [0.1, 0.15) is 6.42 Å². The van der Waals surface area contributed by atoms with Crippen LogP contribution in [0.4, 0.5) is 0 Å². The van der Waals surface area contributed by atoms with Gasteiger partial charge in [-0.15, -0.1) is 0 Å². The summed E-state index contributed by atoms with van der Waals surface area (Å²) in [4.78, 5) is 0. The van der Waals surface area contributed by atoms with Crippen LogP contribution >= 0.6 is 0 Å². The van der Waals surface area contributed by atoms with Gasteiger partial charge in [-0.1, -0.05) is 12.2 Å². The lowest BCUT2D eigenvalue weighted by Crippen LogP contribution is -2.27. The highest BCUT2D eigenvalue weighted by atomic mass is 14.7. The Morgan fingerprint density at radius 3 is 2.75 bits per heavy atom. The van der Waals surface area contributed by atoms with Crippen LogP contribution in [0.5, 0.6) is 0 Å². The number of hydrogen-bond acceptors (Lipinski definition) is 2. The van der Waals surface area contributed by atoms with E-state index in [1.165, 1.54) is 0 Å². The molecular formula is C6H10N2. The van der Waals surface area contributed by atoms with Crippen LogP contribution < -0.4 is 11.5 Å². The predicted molar refractivity (Wildman–Crippen MR) is 34.0 cm³/mol. The summed E-state index contributed by atoms with van der Waals surface area (Å²) in [5.74, 6) is 0. The monoisotopic (exact) mass is 110 g/mol. The van der Waals surface area contributed by atoms with Crippen molar-refractivity contribution >= 4 is 0 Å². The minimum atomic E-state index is 0.0556. The molecule has 0 radical (unpaired) electrons. The maximum absolute atomic E-state index is 5.53. The molecule has 0 fully saturated rings. The van der Waals surface area contributed by atoms with E-state index in [1.807, 2.05) is 18.2 Å². The zero-order valence-electron chi connectivity index (χ0n) is 4.67. The van der Waals surface area contributed by atoms with Gasteiger partial charge in [0.2, 0.25) is 0 Å². The Kier molecular flexibility index (Phi) is 1.35. The van der Waals surface area contributed by atoms with Gasteiger partial charge in [-0.25, -0.2) is 0 Å². The fourth-order valence-electron chi connectivity index (χ4n) is 0.664. The standard InChI is InChI=1S/C6H10N2/c7-5-3-1-2-4-6(5)8/h1-3,6H,4,7-8H2. The van der Waals surface area contributed by atoms with Gasteiger partial charge >= 0.3 is 0 Å². The van der Waals surface area contributed by atoms with Gasteiger partial charge < -0.3 is 11.5 Å². The molecule has 1 rings (SSSR count). The normalized spacial score (nSPS) is 27.6. The molecule has 0 spiro atoms. The van der Waals surface area contributed by atoms with Crippen molar-refractivity contribution in [1.82, 2.24) is 0 Å². The summed E-state index contributed by atoms with van der Waals surface area (Å²) in [6.07, 6.45) is 6.66. The van der Waals surface area contributed by atoms with Crippen molar-refractivity contribution in [2.45, 2.75) is 12.5 Å². The molecule has 8 heavy (non-hydrogen) atoms. The van der Waals surface area contributed by atoms with Gasteiger partial charge in [0.25, 0.3) is 0 Å². The zero-order valence-corrected chi connectivity index (χ0v) is 4.67. The fraction of sp³-hybridized carbons (Fsp3) is 0.333. The van der Waals surface area contributed by atoms with E-state index in [0.717, 1.165) is 12.1 Å². The third kappa shape index (κ3) is 0.898. The second-order valence-electron chi connectivity index (χ2n) is 1.94. The van der Waals surface area contributed by atoms with Crippen LogP contribution in [-0.4, -0.2) is 6.04 Å². The van der Waals surface area contributed by atoms with Crippen molar-refractivity contribution in [3.05, 3.63) is 23.9 Å². The van der Waals surface area contributed by atoms with Crippen LogP contribution in [0.25, 0.3) is 0 Å². The number of nitrogens with two attached hydrogens (primary N) is 2. The Hall–Kier alpha value is -0.760. The summed E-state index contributed by atoms with van der Waals surface area (Å²) >= 11 is 0. The van der Waals surface area contributed by atoms with Gasteiger partial charge in [-0.05, 0) is 12.5 Å². The molecule has 0 aliphatic heterocycles. The van der Waals surface area contributed by atoms with Crippen LogP contribution in [-0.2, 0) is 0 Å². The van der Waals surface area contributed by atoms with Gasteiger partial charge in [-0.2, -0.15) is 0 Å². The van der Waals surface area contributed by atoms with Crippen LogP contribution in [0.2, 0.25) is 0 Å². The molecule has 1 atom stereocenters. The third-order valence-corrected chi connectivity index (χ3v) is 1.24. The van der Waals surface area contributed by atoms with Crippen LogP contribution in [0.15, 0.2) is 23.9 Å². The average molecular weight is 110 g/mol. The van der Waals surface area contributed by atoms with E-state index in [0.29, 0.717) is 0 Å². The van der Waals surface area contributed by atoms with E-state index in [1.54, 1.807) is 0 Å². The van der Waals surface area contributed by atoms with Crippen molar-refractivity contribution in [1.29, 1.82) is 0 Å². The first-order valence-corrected chi connectivity index (χ1v) is 2.68. The van der Waals surface area contributed by atoms with E-state index in [9.17, 15) is 0 Å². The van der Waals surface area contributed by atoms with E-state index < -0.39 is 0 Å². The second-order valence-corrected chi connectivity index (χ2v) is 1.94. The number of allylic oxidation sites excluding steroid dienone is 2. The molecule has 44 valence electrons. The number of rotatable bonds is 0. The molecule has 1 aliphatic carbocycles. The van der Waals surface area contributed by atoms with Gasteiger partial charge in [-0.3, -0.25) is 0 Å². The summed E-state index contributed by atoms with van der Waals surface area (Å²) in [6, 6.07) is 0.0556. The first-order chi connectivity index (χ1) is 3.80. The SMILES string of the molecule is NC1=CC=CCC1N. The van der Waals surface area contributed by atoms with Gasteiger partial charge in [0.15, 0.2) is 0 Å². The molecule has 0 heterocycles. The Labute approximate surface area is 48.9 Å². The molecule has 0 amide bonds. The Morgan fingerprint density at radius 1 is 1.62 bits per heavy atom. The molecular weight excluding hydrogens is 100 g/mol. The summed E-state index contributed by atoms with van der Waals surface area (Å²) in [6.45, 7) is 0. The Morgan fingerprint density at radius 2 is 2.38 bits per heavy atom. The molecule has 0 aromatic rings. The van der Waals surface area contributed by atoms with Crippen LogP contribution in [0, 0.1) is 0 Å². The summed E-state index contributed by atoms with van der Waals surface area (Å²) in [7, 11) is 0. The number of hydrogen-bond donors (Lipinski definition) is 2. The smallest absolute Gasteiger partial charge is 0.0477 e. The lowest BCUT2D eigenvalue weighted by molar-refractivity contribution is 0.764. The third-order valence-electron chi connectivity index (χ3n) is 1.24. The maximum atomic E-state index is 5.53. The quantitative estimate of drug-likeness (QED) is 0.465. The molecule has 0 aromatic heterocycles. The molecule has 0 aromatic carbocycles. The van der Waals surface area contributed by atoms with Gasteiger partial charge in [0, 0.05) is 11.7 Å². The highest BCUT2D eigenvalue weighted by Gasteiger charge is 2.03. The first kappa shape index (κ1) is 5.38. The Balaban J connectivity index is 2.66. The molecule has 0 bridgehead atoms. The lowest BCUT2D eigenvalue weighted by Gasteiger charge is -2.11. The first-order valence-electron chi connectivity index (χ1n) is 2.68. The predicted octanol–water partition coefficient (Wildman–Crippen LogP) is 0.116. The van der Waals surface area contributed by atoms with Crippen molar-refractivity contribution < 1.29 is 0 Å².